The second kappa shape index (κ2) is 8.49. The molecule has 0 spiro atoms. The van der Waals surface area contributed by atoms with E-state index < -0.39 is 6.04 Å². The van der Waals surface area contributed by atoms with E-state index in [4.69, 9.17) is 0 Å². The molecule has 0 aliphatic heterocycles. The first-order chi connectivity index (χ1) is 13.1. The van der Waals surface area contributed by atoms with Crippen LogP contribution in [-0.2, 0) is 22.4 Å². The highest BCUT2D eigenvalue weighted by Crippen LogP contribution is 2.19. The summed E-state index contributed by atoms with van der Waals surface area (Å²) in [7, 11) is 0. The summed E-state index contributed by atoms with van der Waals surface area (Å²) in [4.78, 5) is 24.8. The third-order valence-electron chi connectivity index (χ3n) is 4.63. The lowest BCUT2D eigenvalue weighted by molar-refractivity contribution is -0.125. The molecule has 3 aromatic rings. The molecule has 0 unspecified atom stereocenters. The van der Waals surface area contributed by atoms with Crippen LogP contribution in [0.2, 0.25) is 0 Å². The first-order valence-corrected chi connectivity index (χ1v) is 9.22. The number of hydrogen-bond donors (Lipinski definition) is 2. The maximum Gasteiger partial charge on any atom is 0.246 e. The number of carbonyl (C=O) groups is 2. The highest BCUT2D eigenvalue weighted by Gasteiger charge is 2.16. The molecule has 3 rings (SSSR count). The van der Waals surface area contributed by atoms with Gasteiger partial charge in [-0.15, -0.1) is 0 Å². The lowest BCUT2D eigenvalue weighted by Gasteiger charge is -2.15. The first-order valence-electron chi connectivity index (χ1n) is 9.22. The molecule has 0 radical (unpaired) electrons. The van der Waals surface area contributed by atoms with Crippen molar-refractivity contribution in [3.05, 3.63) is 77.9 Å². The molecule has 0 aliphatic rings. The van der Waals surface area contributed by atoms with E-state index >= 15 is 0 Å². The van der Waals surface area contributed by atoms with E-state index in [0.717, 1.165) is 28.4 Å². The standard InChI is InChI=1S/C23H24N2O2/c1-3-17-11-13-20(14-12-17)25-23(27)16(2)24-22(26)15-19-9-6-8-18-7-4-5-10-21(18)19/h4-14,16H,3,15H2,1-2H3,(H,24,26)(H,25,27)/t16-/m0/s1. The van der Waals surface area contributed by atoms with Crippen molar-refractivity contribution in [2.75, 3.05) is 5.32 Å². The summed E-state index contributed by atoms with van der Waals surface area (Å²) < 4.78 is 0. The Morgan fingerprint density at radius 2 is 1.63 bits per heavy atom. The summed E-state index contributed by atoms with van der Waals surface area (Å²) in [6, 6.07) is 21.0. The molecule has 0 fully saturated rings. The Kier molecular flexibility index (Phi) is 5.87. The molecule has 2 amide bonds. The molecule has 4 heteroatoms. The van der Waals surface area contributed by atoms with Gasteiger partial charge in [0.15, 0.2) is 0 Å². The average Bonchev–Trinajstić information content (AvgIpc) is 2.68. The van der Waals surface area contributed by atoms with Gasteiger partial charge in [0.25, 0.3) is 0 Å². The molecule has 0 saturated heterocycles. The molecule has 0 heterocycles. The normalized spacial score (nSPS) is 11.8. The monoisotopic (exact) mass is 360 g/mol. The fourth-order valence-corrected chi connectivity index (χ4v) is 3.05. The lowest BCUT2D eigenvalue weighted by Crippen LogP contribution is -2.42. The van der Waals surface area contributed by atoms with Crippen LogP contribution in [0.15, 0.2) is 66.7 Å². The van der Waals surface area contributed by atoms with Crippen molar-refractivity contribution in [2.45, 2.75) is 32.7 Å². The Bertz CT molecular complexity index is 943. The zero-order valence-electron chi connectivity index (χ0n) is 15.7. The van der Waals surface area contributed by atoms with Gasteiger partial charge in [-0.25, -0.2) is 0 Å². The Labute approximate surface area is 159 Å². The number of aryl methyl sites for hydroxylation is 1. The van der Waals surface area contributed by atoms with Gasteiger partial charge >= 0.3 is 0 Å². The molecular formula is C23H24N2O2. The van der Waals surface area contributed by atoms with Crippen LogP contribution in [0.5, 0.6) is 0 Å². The summed E-state index contributed by atoms with van der Waals surface area (Å²) in [6.45, 7) is 3.78. The quantitative estimate of drug-likeness (QED) is 0.696. The van der Waals surface area contributed by atoms with Crippen LogP contribution in [0.1, 0.15) is 25.0 Å². The molecule has 2 N–H and O–H groups in total. The van der Waals surface area contributed by atoms with Gasteiger partial charge in [-0.1, -0.05) is 61.5 Å². The maximum atomic E-state index is 12.4. The second-order valence-corrected chi connectivity index (χ2v) is 6.64. The molecule has 27 heavy (non-hydrogen) atoms. The number of anilines is 1. The van der Waals surface area contributed by atoms with Gasteiger partial charge in [-0.2, -0.15) is 0 Å². The average molecular weight is 360 g/mol. The number of fused-ring (bicyclic) bond motifs is 1. The smallest absolute Gasteiger partial charge is 0.246 e. The van der Waals surface area contributed by atoms with Crippen molar-refractivity contribution < 1.29 is 9.59 Å². The zero-order chi connectivity index (χ0) is 19.2. The van der Waals surface area contributed by atoms with Gasteiger partial charge in [0.2, 0.25) is 11.8 Å². The molecule has 4 nitrogen and oxygen atoms in total. The minimum absolute atomic E-state index is 0.171. The summed E-state index contributed by atoms with van der Waals surface area (Å²) in [5, 5.41) is 7.78. The van der Waals surface area contributed by atoms with Crippen molar-refractivity contribution >= 4 is 28.3 Å². The number of carbonyl (C=O) groups excluding carboxylic acids is 2. The van der Waals surface area contributed by atoms with E-state index in [1.807, 2.05) is 66.7 Å². The summed E-state index contributed by atoms with van der Waals surface area (Å²) in [5.41, 5.74) is 2.89. The molecule has 0 saturated carbocycles. The van der Waals surface area contributed by atoms with Gasteiger partial charge in [-0.3, -0.25) is 9.59 Å². The van der Waals surface area contributed by atoms with Crippen LogP contribution < -0.4 is 10.6 Å². The van der Waals surface area contributed by atoms with Gasteiger partial charge in [0.1, 0.15) is 6.04 Å². The van der Waals surface area contributed by atoms with Crippen LogP contribution in [-0.4, -0.2) is 17.9 Å². The van der Waals surface area contributed by atoms with Crippen molar-refractivity contribution in [3.63, 3.8) is 0 Å². The SMILES string of the molecule is CCc1ccc(NC(=O)[C@H](C)NC(=O)Cc2cccc3ccccc23)cc1. The fourth-order valence-electron chi connectivity index (χ4n) is 3.05. The second-order valence-electron chi connectivity index (χ2n) is 6.64. The topological polar surface area (TPSA) is 58.2 Å². The van der Waals surface area contributed by atoms with E-state index in [1.54, 1.807) is 6.92 Å². The third-order valence-corrected chi connectivity index (χ3v) is 4.63. The summed E-state index contributed by atoms with van der Waals surface area (Å²) >= 11 is 0. The van der Waals surface area contributed by atoms with Crippen molar-refractivity contribution in [2.24, 2.45) is 0 Å². The van der Waals surface area contributed by atoms with E-state index in [-0.39, 0.29) is 18.2 Å². The number of benzene rings is 3. The van der Waals surface area contributed by atoms with Crippen molar-refractivity contribution in [3.8, 4) is 0 Å². The van der Waals surface area contributed by atoms with E-state index in [2.05, 4.69) is 17.6 Å². The predicted octanol–water partition coefficient (Wildman–Crippen LogP) is 4.09. The van der Waals surface area contributed by atoms with Crippen LogP contribution in [0.25, 0.3) is 10.8 Å². The van der Waals surface area contributed by atoms with Gasteiger partial charge < -0.3 is 10.6 Å². The van der Waals surface area contributed by atoms with E-state index in [1.165, 1.54) is 5.56 Å². The summed E-state index contributed by atoms with van der Waals surface area (Å²) in [5.74, 6) is -0.402. The molecule has 0 aromatic heterocycles. The zero-order valence-corrected chi connectivity index (χ0v) is 15.7. The van der Waals surface area contributed by atoms with E-state index in [9.17, 15) is 9.59 Å². The largest absolute Gasteiger partial charge is 0.344 e. The summed E-state index contributed by atoms with van der Waals surface area (Å²) in [6.07, 6.45) is 1.19. The Hall–Kier alpha value is -3.14. The molecular weight excluding hydrogens is 336 g/mol. The van der Waals surface area contributed by atoms with Crippen molar-refractivity contribution in [1.29, 1.82) is 0 Å². The Morgan fingerprint density at radius 1 is 0.926 bits per heavy atom. The molecule has 138 valence electrons. The third kappa shape index (κ3) is 4.73. The van der Waals surface area contributed by atoms with Gasteiger partial charge in [0, 0.05) is 5.69 Å². The fraction of sp³-hybridized carbons (Fsp3) is 0.217. The minimum atomic E-state index is -0.613. The first kappa shape index (κ1) is 18.6. The number of hydrogen-bond acceptors (Lipinski definition) is 2. The van der Waals surface area contributed by atoms with Crippen molar-refractivity contribution in [1.82, 2.24) is 5.32 Å². The Morgan fingerprint density at radius 3 is 2.37 bits per heavy atom. The highest BCUT2D eigenvalue weighted by molar-refractivity contribution is 5.97. The lowest BCUT2D eigenvalue weighted by atomic mass is 10.0. The van der Waals surface area contributed by atoms with Crippen LogP contribution in [0, 0.1) is 0 Å². The maximum absolute atomic E-state index is 12.4. The minimum Gasteiger partial charge on any atom is -0.344 e. The molecule has 0 bridgehead atoms. The van der Waals surface area contributed by atoms with Crippen LogP contribution in [0.4, 0.5) is 5.69 Å². The van der Waals surface area contributed by atoms with Gasteiger partial charge in [0.05, 0.1) is 6.42 Å². The van der Waals surface area contributed by atoms with E-state index in [0.29, 0.717) is 0 Å². The Balaban J connectivity index is 1.60. The predicted molar refractivity (Wildman–Crippen MR) is 110 cm³/mol. The number of rotatable bonds is 6. The van der Waals surface area contributed by atoms with Crippen LogP contribution in [0.3, 0.4) is 0 Å². The number of amides is 2. The van der Waals surface area contributed by atoms with Gasteiger partial charge in [-0.05, 0) is 47.4 Å². The molecule has 1 atom stereocenters. The number of nitrogens with one attached hydrogen (secondary N) is 2. The van der Waals surface area contributed by atoms with Crippen LogP contribution >= 0.6 is 0 Å². The molecule has 0 aliphatic carbocycles. The molecule has 3 aromatic carbocycles. The highest BCUT2D eigenvalue weighted by atomic mass is 16.2.